The minimum atomic E-state index is -1.42. The van der Waals surface area contributed by atoms with Crippen molar-refractivity contribution in [1.29, 1.82) is 0 Å². The number of hydrogen-bond donors (Lipinski definition) is 2. The standard InChI is InChI=1S/C18H32O4/c1-3-4-5-6-7-8-9-10-11-14-18(21)16(20)12-13-17(18)22-15(2)19/h11,14,16-17,20-21H,3-10,12-13H2,1-2H3/b14-11-/t16-,17-,18-/m1/s1. The molecule has 1 aliphatic carbocycles. The monoisotopic (exact) mass is 312 g/mol. The van der Waals surface area contributed by atoms with Gasteiger partial charge in [0.2, 0.25) is 0 Å². The summed E-state index contributed by atoms with van der Waals surface area (Å²) >= 11 is 0. The fourth-order valence-corrected chi connectivity index (χ4v) is 3.05. The number of hydrogen-bond acceptors (Lipinski definition) is 4. The quantitative estimate of drug-likeness (QED) is 0.368. The van der Waals surface area contributed by atoms with Crippen LogP contribution >= 0.6 is 0 Å². The molecule has 0 unspecified atom stereocenters. The average Bonchev–Trinajstić information content (AvgIpc) is 2.74. The van der Waals surface area contributed by atoms with Gasteiger partial charge in [-0.25, -0.2) is 0 Å². The molecular weight excluding hydrogens is 280 g/mol. The molecule has 0 heterocycles. The van der Waals surface area contributed by atoms with Gasteiger partial charge in [0.1, 0.15) is 11.7 Å². The molecule has 0 aliphatic heterocycles. The highest BCUT2D eigenvalue weighted by Gasteiger charge is 2.48. The fraction of sp³-hybridized carbons (Fsp3) is 0.833. The molecule has 0 saturated heterocycles. The summed E-state index contributed by atoms with van der Waals surface area (Å²) in [7, 11) is 0. The summed E-state index contributed by atoms with van der Waals surface area (Å²) in [5.41, 5.74) is -1.42. The lowest BCUT2D eigenvalue weighted by Gasteiger charge is -2.29. The number of aliphatic hydroxyl groups excluding tert-OH is 1. The summed E-state index contributed by atoms with van der Waals surface area (Å²) in [6, 6.07) is 0. The summed E-state index contributed by atoms with van der Waals surface area (Å²) in [5, 5.41) is 20.5. The number of ether oxygens (including phenoxy) is 1. The Kier molecular flexibility index (Phi) is 8.72. The van der Waals surface area contributed by atoms with E-state index in [0.29, 0.717) is 12.8 Å². The molecule has 1 rings (SSSR count). The van der Waals surface area contributed by atoms with Gasteiger partial charge in [0.05, 0.1) is 6.10 Å². The topological polar surface area (TPSA) is 66.8 Å². The van der Waals surface area contributed by atoms with Crippen LogP contribution in [0.25, 0.3) is 0 Å². The van der Waals surface area contributed by atoms with Gasteiger partial charge >= 0.3 is 5.97 Å². The van der Waals surface area contributed by atoms with Crippen molar-refractivity contribution < 1.29 is 19.7 Å². The predicted octanol–water partition coefficient (Wildman–Crippen LogP) is 3.50. The molecule has 0 bridgehead atoms. The fourth-order valence-electron chi connectivity index (χ4n) is 3.05. The van der Waals surface area contributed by atoms with Crippen molar-refractivity contribution in [2.45, 2.75) is 95.9 Å². The molecule has 1 aliphatic rings. The average molecular weight is 312 g/mol. The normalized spacial score (nSPS) is 28.4. The number of unbranched alkanes of at least 4 members (excludes halogenated alkanes) is 7. The third-order valence-corrected chi connectivity index (χ3v) is 4.42. The van der Waals surface area contributed by atoms with E-state index in [2.05, 4.69) is 6.92 Å². The van der Waals surface area contributed by atoms with Gasteiger partial charge in [-0.3, -0.25) is 4.79 Å². The van der Waals surface area contributed by atoms with Crippen LogP contribution in [0.15, 0.2) is 12.2 Å². The van der Waals surface area contributed by atoms with Crippen LogP contribution in [-0.2, 0) is 9.53 Å². The Hall–Kier alpha value is -0.870. The SMILES string of the molecule is CCCCCCCCC/C=C\[C@@]1(O)[C@H](O)CC[C@H]1OC(C)=O. The lowest BCUT2D eigenvalue weighted by atomic mass is 9.96. The first kappa shape index (κ1) is 19.2. The lowest BCUT2D eigenvalue weighted by Crippen LogP contribution is -2.46. The molecule has 0 radical (unpaired) electrons. The maximum absolute atomic E-state index is 11.1. The first-order valence-corrected chi connectivity index (χ1v) is 8.76. The third kappa shape index (κ3) is 6.09. The number of rotatable bonds is 10. The molecule has 1 saturated carbocycles. The van der Waals surface area contributed by atoms with E-state index < -0.39 is 23.8 Å². The van der Waals surface area contributed by atoms with Crippen molar-refractivity contribution in [2.24, 2.45) is 0 Å². The maximum atomic E-state index is 11.1. The largest absolute Gasteiger partial charge is 0.459 e. The molecule has 4 nitrogen and oxygen atoms in total. The van der Waals surface area contributed by atoms with E-state index in [1.165, 1.54) is 45.4 Å². The van der Waals surface area contributed by atoms with Crippen LogP contribution in [0.2, 0.25) is 0 Å². The molecule has 1 fully saturated rings. The van der Waals surface area contributed by atoms with Crippen molar-refractivity contribution in [2.75, 3.05) is 0 Å². The number of allylic oxidation sites excluding steroid dienone is 1. The highest BCUT2D eigenvalue weighted by molar-refractivity contribution is 5.66. The molecule has 2 N–H and O–H groups in total. The van der Waals surface area contributed by atoms with Crippen LogP contribution in [0, 0.1) is 0 Å². The summed E-state index contributed by atoms with van der Waals surface area (Å²) in [6.07, 6.45) is 12.7. The van der Waals surface area contributed by atoms with Gasteiger partial charge in [-0.15, -0.1) is 0 Å². The first-order chi connectivity index (χ1) is 10.5. The maximum Gasteiger partial charge on any atom is 0.303 e. The van der Waals surface area contributed by atoms with E-state index in [1.54, 1.807) is 6.08 Å². The molecule has 4 heteroatoms. The number of carbonyl (C=O) groups is 1. The second kappa shape index (κ2) is 10.0. The highest BCUT2D eigenvalue weighted by atomic mass is 16.6. The molecule has 0 aromatic heterocycles. The van der Waals surface area contributed by atoms with Crippen molar-refractivity contribution in [3.63, 3.8) is 0 Å². The van der Waals surface area contributed by atoms with Gasteiger partial charge in [0.25, 0.3) is 0 Å². The van der Waals surface area contributed by atoms with E-state index in [9.17, 15) is 15.0 Å². The van der Waals surface area contributed by atoms with E-state index in [-0.39, 0.29) is 0 Å². The second-order valence-corrected chi connectivity index (χ2v) is 6.39. The molecule has 3 atom stereocenters. The zero-order valence-electron chi connectivity index (χ0n) is 14.1. The van der Waals surface area contributed by atoms with E-state index in [1.807, 2.05) is 6.08 Å². The van der Waals surface area contributed by atoms with E-state index in [0.717, 1.165) is 12.8 Å². The van der Waals surface area contributed by atoms with Crippen LogP contribution in [-0.4, -0.2) is 34.0 Å². The Morgan fingerprint density at radius 3 is 2.45 bits per heavy atom. The van der Waals surface area contributed by atoms with E-state index in [4.69, 9.17) is 4.74 Å². The van der Waals surface area contributed by atoms with Gasteiger partial charge in [-0.1, -0.05) is 57.6 Å². The minimum Gasteiger partial charge on any atom is -0.459 e. The number of aliphatic hydroxyl groups is 2. The Labute approximate surface area is 134 Å². The highest BCUT2D eigenvalue weighted by Crippen LogP contribution is 2.34. The molecule has 22 heavy (non-hydrogen) atoms. The van der Waals surface area contributed by atoms with Crippen molar-refractivity contribution >= 4 is 5.97 Å². The lowest BCUT2D eigenvalue weighted by molar-refractivity contribution is -0.159. The van der Waals surface area contributed by atoms with Gasteiger partial charge in [-0.2, -0.15) is 0 Å². The van der Waals surface area contributed by atoms with E-state index >= 15 is 0 Å². The zero-order chi connectivity index (χ0) is 16.4. The zero-order valence-corrected chi connectivity index (χ0v) is 14.1. The summed E-state index contributed by atoms with van der Waals surface area (Å²) in [5.74, 6) is -0.419. The summed E-state index contributed by atoms with van der Waals surface area (Å²) in [6.45, 7) is 3.55. The Balaban J connectivity index is 2.28. The van der Waals surface area contributed by atoms with Crippen LogP contribution < -0.4 is 0 Å². The summed E-state index contributed by atoms with van der Waals surface area (Å²) in [4.78, 5) is 11.1. The third-order valence-electron chi connectivity index (χ3n) is 4.42. The van der Waals surface area contributed by atoms with Crippen LogP contribution in [0.3, 0.4) is 0 Å². The minimum absolute atomic E-state index is 0.419. The number of esters is 1. The second-order valence-electron chi connectivity index (χ2n) is 6.39. The summed E-state index contributed by atoms with van der Waals surface area (Å²) < 4.78 is 5.13. The molecule has 0 aromatic rings. The Morgan fingerprint density at radius 1 is 1.18 bits per heavy atom. The smallest absolute Gasteiger partial charge is 0.303 e. The van der Waals surface area contributed by atoms with Gasteiger partial charge < -0.3 is 14.9 Å². The molecule has 0 spiro atoms. The van der Waals surface area contributed by atoms with Gasteiger partial charge in [-0.05, 0) is 25.7 Å². The van der Waals surface area contributed by atoms with Crippen LogP contribution in [0.1, 0.15) is 78.1 Å². The van der Waals surface area contributed by atoms with Crippen molar-refractivity contribution in [3.05, 3.63) is 12.2 Å². The molecule has 128 valence electrons. The Bertz CT molecular complexity index is 353. The van der Waals surface area contributed by atoms with Crippen LogP contribution in [0.4, 0.5) is 0 Å². The number of carbonyl (C=O) groups excluding carboxylic acids is 1. The van der Waals surface area contributed by atoms with Gasteiger partial charge in [0, 0.05) is 6.92 Å². The predicted molar refractivity (Wildman–Crippen MR) is 87.5 cm³/mol. The Morgan fingerprint density at radius 2 is 1.82 bits per heavy atom. The van der Waals surface area contributed by atoms with Gasteiger partial charge in [0.15, 0.2) is 0 Å². The van der Waals surface area contributed by atoms with Crippen molar-refractivity contribution in [1.82, 2.24) is 0 Å². The molecule has 0 aromatic carbocycles. The molecular formula is C18H32O4. The van der Waals surface area contributed by atoms with Crippen molar-refractivity contribution in [3.8, 4) is 0 Å². The van der Waals surface area contributed by atoms with Crippen LogP contribution in [0.5, 0.6) is 0 Å². The molecule has 0 amide bonds. The first-order valence-electron chi connectivity index (χ1n) is 8.76.